The van der Waals surface area contributed by atoms with Crippen molar-refractivity contribution in [3.63, 3.8) is 0 Å². The van der Waals surface area contributed by atoms with Crippen molar-refractivity contribution in [1.29, 1.82) is 0 Å². The maximum atomic E-state index is 13.6. The highest BCUT2D eigenvalue weighted by Crippen LogP contribution is 2.33. The Labute approximate surface area is 323 Å². The van der Waals surface area contributed by atoms with Crippen LogP contribution in [0.15, 0.2) is 23.1 Å². The summed E-state index contributed by atoms with van der Waals surface area (Å²) in [7, 11) is -4.26. The molecule has 1 aromatic carbocycles. The van der Waals surface area contributed by atoms with Gasteiger partial charge in [0.05, 0.1) is 18.0 Å². The topological polar surface area (TPSA) is 219 Å². The van der Waals surface area contributed by atoms with Crippen molar-refractivity contribution < 1.29 is 56.4 Å². The lowest BCUT2D eigenvalue weighted by Gasteiger charge is -2.34. The summed E-state index contributed by atoms with van der Waals surface area (Å²) < 4.78 is 50.3. The largest absolute Gasteiger partial charge is 0.486 e. The average Bonchev–Trinajstić information content (AvgIpc) is 3.15. The lowest BCUT2D eigenvalue weighted by molar-refractivity contribution is -0.145. The number of sulfonamides is 1. The van der Waals surface area contributed by atoms with E-state index in [1.165, 1.54) is 23.1 Å². The summed E-state index contributed by atoms with van der Waals surface area (Å²) in [6.45, 7) is 8.83. The molecule has 3 heterocycles. The number of benzene rings is 1. The fourth-order valence-corrected chi connectivity index (χ4v) is 8.08. The molecule has 308 valence electrons. The number of carbonyl (C=O) groups excluding carboxylic acids is 4. The Balaban J connectivity index is 1.31. The average molecular weight is 796 g/mol. The zero-order chi connectivity index (χ0) is 40.2. The van der Waals surface area contributed by atoms with Crippen LogP contribution in [0.25, 0.3) is 0 Å². The Morgan fingerprint density at radius 1 is 0.891 bits per heavy atom. The number of hydrogen-bond donors (Lipinski definition) is 4. The van der Waals surface area contributed by atoms with Crippen LogP contribution in [0.2, 0.25) is 0 Å². The summed E-state index contributed by atoms with van der Waals surface area (Å²) in [5.41, 5.74) is -0.579. The summed E-state index contributed by atoms with van der Waals surface area (Å²) in [5.74, 6) is -1.000. The van der Waals surface area contributed by atoms with Crippen molar-refractivity contribution >= 4 is 40.0 Å². The van der Waals surface area contributed by atoms with Crippen molar-refractivity contribution in [3.8, 4) is 11.5 Å². The lowest BCUT2D eigenvalue weighted by atomic mass is 9.84. The molecule has 4 N–H and O–H groups in total. The number of carboxylic acid groups (broad SMARTS) is 1. The van der Waals surface area contributed by atoms with Gasteiger partial charge >= 0.3 is 18.2 Å². The molecule has 4 amide bonds. The number of esters is 1. The van der Waals surface area contributed by atoms with E-state index in [1.54, 1.807) is 11.8 Å². The zero-order valence-corrected chi connectivity index (χ0v) is 33.1. The van der Waals surface area contributed by atoms with E-state index in [-0.39, 0.29) is 41.8 Å². The second-order valence-electron chi connectivity index (χ2n) is 15.2. The molecule has 0 saturated carbocycles. The highest BCUT2D eigenvalue weighted by molar-refractivity contribution is 7.89. The first-order valence-electron chi connectivity index (χ1n) is 19.1. The van der Waals surface area contributed by atoms with Gasteiger partial charge in [-0.3, -0.25) is 14.4 Å². The van der Waals surface area contributed by atoms with Crippen LogP contribution in [0.1, 0.15) is 79.1 Å². The number of nitrogens with one attached hydrogen (secondary N) is 3. The van der Waals surface area contributed by atoms with Crippen LogP contribution in [0, 0.1) is 17.8 Å². The Hall–Kier alpha value is -4.32. The van der Waals surface area contributed by atoms with Gasteiger partial charge in [-0.1, -0.05) is 0 Å². The molecule has 1 aromatic rings. The molecular weight excluding hydrogens is 738 g/mol. The van der Waals surface area contributed by atoms with Gasteiger partial charge in [0.1, 0.15) is 24.9 Å². The van der Waals surface area contributed by atoms with Gasteiger partial charge in [-0.25, -0.2) is 18.0 Å². The van der Waals surface area contributed by atoms with Crippen LogP contribution in [0.5, 0.6) is 11.5 Å². The molecule has 0 aliphatic carbocycles. The van der Waals surface area contributed by atoms with E-state index in [9.17, 15) is 37.5 Å². The number of rotatable bonds is 16. The molecule has 4 rings (SSSR count). The van der Waals surface area contributed by atoms with Crippen LogP contribution < -0.4 is 24.8 Å². The normalized spacial score (nSPS) is 17.8. The second-order valence-corrected chi connectivity index (χ2v) is 16.9. The van der Waals surface area contributed by atoms with Gasteiger partial charge in [-0.2, -0.15) is 4.72 Å². The molecule has 3 aliphatic rings. The molecule has 55 heavy (non-hydrogen) atoms. The highest BCUT2D eigenvalue weighted by Gasteiger charge is 2.31. The number of nitrogens with zero attached hydrogens (tertiary/aromatic N) is 2. The molecule has 0 spiro atoms. The third-order valence-corrected chi connectivity index (χ3v) is 11.5. The van der Waals surface area contributed by atoms with Gasteiger partial charge < -0.3 is 44.5 Å². The lowest BCUT2D eigenvalue weighted by Crippen LogP contribution is -2.50. The molecule has 18 heteroatoms. The summed E-state index contributed by atoms with van der Waals surface area (Å²) in [6, 6.07) is 2.60. The number of ether oxygens (including phenoxy) is 4. The molecule has 0 radical (unpaired) electrons. The van der Waals surface area contributed by atoms with Crippen molar-refractivity contribution in [1.82, 2.24) is 25.2 Å². The Morgan fingerprint density at radius 3 is 2.04 bits per heavy atom. The first-order valence-corrected chi connectivity index (χ1v) is 20.6. The van der Waals surface area contributed by atoms with Crippen LogP contribution in [0.3, 0.4) is 0 Å². The fraction of sp³-hybridized carbons (Fsp3) is 0.703. The summed E-state index contributed by atoms with van der Waals surface area (Å²) >= 11 is 0. The summed E-state index contributed by atoms with van der Waals surface area (Å²) in [4.78, 5) is 66.1. The van der Waals surface area contributed by atoms with Gasteiger partial charge in [0.2, 0.25) is 21.8 Å². The van der Waals surface area contributed by atoms with Gasteiger partial charge in [-0.05, 0) is 103 Å². The highest BCUT2D eigenvalue weighted by atomic mass is 32.2. The van der Waals surface area contributed by atoms with E-state index >= 15 is 0 Å². The Bertz CT molecular complexity index is 1600. The smallest absolute Gasteiger partial charge is 0.410 e. The molecule has 3 aliphatic heterocycles. The summed E-state index contributed by atoms with van der Waals surface area (Å²) in [6.07, 6.45) is 4.36. The number of amides is 4. The number of fused-ring (bicyclic) bond motifs is 1. The van der Waals surface area contributed by atoms with Gasteiger partial charge in [0.25, 0.3) is 0 Å². The molecule has 2 atom stereocenters. The molecule has 2 saturated heterocycles. The first-order chi connectivity index (χ1) is 26.0. The SMILES string of the molecule is CCOC(=O)[C@H](CNC(=O)CNC(=O)C(CCC1CCN(C(=O)O)CC1)CCC1CCN(C(=O)OC(C)(C)C)CC1)NS(=O)(=O)c1ccc2c(c1)OCCO2. The molecule has 0 aromatic heterocycles. The van der Waals surface area contributed by atoms with E-state index in [0.717, 1.165) is 25.7 Å². The standard InChI is InChI=1S/C37H57N5O12S/c1-5-51-34(45)29(40-55(49,50)28-10-11-30-31(22-28)53-21-20-52-30)23-38-32(43)24-39-33(44)27(8-6-25-12-16-41(17-13-25)35(46)47)9-7-26-14-18-42(19-15-26)36(48)54-37(2,3)4/h10-11,22,25-27,29,40H,5-9,12-21,23-24H2,1-4H3,(H,38,43)(H,39,44)(H,46,47)/t27?,29-/m0/s1. The van der Waals surface area contributed by atoms with E-state index < -0.39 is 58.6 Å². The Kier molecular flexibility index (Phi) is 15.8. The number of carbonyl (C=O) groups is 5. The molecule has 1 unspecified atom stereocenters. The predicted octanol–water partition coefficient (Wildman–Crippen LogP) is 3.11. The molecular formula is C37H57N5O12S. The van der Waals surface area contributed by atoms with Crippen molar-refractivity contribution in [2.45, 2.75) is 95.6 Å². The molecule has 17 nitrogen and oxygen atoms in total. The minimum atomic E-state index is -4.26. The van der Waals surface area contributed by atoms with Crippen LogP contribution in [-0.2, 0) is 33.9 Å². The third-order valence-electron chi connectivity index (χ3n) is 9.99. The van der Waals surface area contributed by atoms with Crippen molar-refractivity contribution in [2.24, 2.45) is 17.8 Å². The minimum absolute atomic E-state index is 0.0198. The first kappa shape index (κ1) is 43.4. The quantitative estimate of drug-likeness (QED) is 0.178. The van der Waals surface area contributed by atoms with Crippen LogP contribution in [-0.4, -0.2) is 124 Å². The monoisotopic (exact) mass is 795 g/mol. The number of likely N-dealkylation sites (tertiary alicyclic amines) is 2. The zero-order valence-electron chi connectivity index (χ0n) is 32.3. The fourth-order valence-electron chi connectivity index (χ4n) is 6.88. The second kappa shape index (κ2) is 20.0. The van der Waals surface area contributed by atoms with Gasteiger partial charge in [0, 0.05) is 44.7 Å². The van der Waals surface area contributed by atoms with E-state index in [1.807, 2.05) is 20.8 Å². The number of hydrogen-bond acceptors (Lipinski definition) is 11. The number of piperidine rings is 2. The van der Waals surface area contributed by atoms with E-state index in [2.05, 4.69) is 15.4 Å². The van der Waals surface area contributed by atoms with Gasteiger partial charge in [-0.15, -0.1) is 0 Å². The van der Waals surface area contributed by atoms with Gasteiger partial charge in [0.15, 0.2) is 11.5 Å². The maximum Gasteiger partial charge on any atom is 0.410 e. The molecule has 2 fully saturated rings. The van der Waals surface area contributed by atoms with E-state index in [4.69, 9.17) is 18.9 Å². The van der Waals surface area contributed by atoms with E-state index in [0.29, 0.717) is 70.1 Å². The Morgan fingerprint density at radius 2 is 1.47 bits per heavy atom. The minimum Gasteiger partial charge on any atom is -0.486 e. The van der Waals surface area contributed by atoms with Crippen LogP contribution in [0.4, 0.5) is 9.59 Å². The van der Waals surface area contributed by atoms with Crippen molar-refractivity contribution in [2.75, 3.05) is 59.1 Å². The molecule has 0 bridgehead atoms. The summed E-state index contributed by atoms with van der Waals surface area (Å²) in [5, 5.41) is 14.6. The maximum absolute atomic E-state index is 13.6. The predicted molar refractivity (Wildman–Crippen MR) is 199 cm³/mol. The van der Waals surface area contributed by atoms with Crippen molar-refractivity contribution in [3.05, 3.63) is 18.2 Å². The van der Waals surface area contributed by atoms with Crippen LogP contribution >= 0.6 is 0 Å². The third kappa shape index (κ3) is 13.7.